The lowest BCUT2D eigenvalue weighted by Gasteiger charge is -2.22. The molecule has 0 spiro atoms. The zero-order chi connectivity index (χ0) is 30.8. The van der Waals surface area contributed by atoms with E-state index in [0.29, 0.717) is 19.4 Å². The van der Waals surface area contributed by atoms with Crippen molar-refractivity contribution in [3.05, 3.63) is 53.7 Å². The van der Waals surface area contributed by atoms with Gasteiger partial charge in [0.2, 0.25) is 0 Å². The van der Waals surface area contributed by atoms with E-state index in [1.165, 1.54) is 27.2 Å². The highest BCUT2D eigenvalue weighted by atomic mass is 79.9. The lowest BCUT2D eigenvalue weighted by Crippen LogP contribution is -2.51. The molecule has 3 N–H and O–H groups in total. The Bertz CT molecular complexity index is 1420. The van der Waals surface area contributed by atoms with Crippen molar-refractivity contribution in [2.45, 2.75) is 77.8 Å². The van der Waals surface area contributed by atoms with Gasteiger partial charge in [-0.1, -0.05) is 20.8 Å². The molecule has 2 heterocycles. The van der Waals surface area contributed by atoms with E-state index in [2.05, 4.69) is 37.3 Å². The van der Waals surface area contributed by atoms with E-state index in [9.17, 15) is 19.2 Å². The number of benzene rings is 1. The minimum Gasteiger partial charge on any atom is -0.495 e. The van der Waals surface area contributed by atoms with Crippen LogP contribution in [0.5, 0.6) is 11.5 Å². The van der Waals surface area contributed by atoms with E-state index in [1.807, 2.05) is 0 Å². The number of aromatic nitrogens is 2. The van der Waals surface area contributed by atoms with Gasteiger partial charge >= 0.3 is 11.7 Å². The van der Waals surface area contributed by atoms with E-state index in [0.717, 1.165) is 4.57 Å². The van der Waals surface area contributed by atoms with Crippen molar-refractivity contribution in [3.8, 4) is 11.5 Å². The zero-order valence-corrected chi connectivity index (χ0v) is 26.5. The summed E-state index contributed by atoms with van der Waals surface area (Å²) in [5.74, 6) is -1.15. The molecular weight excluding hydrogens is 675 g/mol. The summed E-state index contributed by atoms with van der Waals surface area (Å²) in [7, 11) is 1.47. The van der Waals surface area contributed by atoms with Gasteiger partial charge in [-0.25, -0.2) is 9.18 Å². The van der Waals surface area contributed by atoms with Crippen LogP contribution in [-0.2, 0) is 25.5 Å². The third-order valence-corrected chi connectivity index (χ3v) is 7.83. The number of ether oxygens (including phenoxy) is 4. The molecule has 1 aliphatic rings. The quantitative estimate of drug-likeness (QED) is 0.355. The van der Waals surface area contributed by atoms with Crippen LogP contribution in [0, 0.1) is 5.92 Å². The predicted molar refractivity (Wildman–Crippen MR) is 154 cm³/mol. The van der Waals surface area contributed by atoms with Crippen molar-refractivity contribution in [2.24, 2.45) is 11.7 Å². The maximum absolute atomic E-state index is 15.6. The highest BCUT2D eigenvalue weighted by molar-refractivity contribution is 9.11. The van der Waals surface area contributed by atoms with Crippen molar-refractivity contribution in [3.63, 3.8) is 0 Å². The fourth-order valence-corrected chi connectivity index (χ4v) is 5.26. The molecule has 1 aromatic carbocycles. The number of nitrogens with two attached hydrogens (primary N) is 1. The van der Waals surface area contributed by atoms with Crippen molar-refractivity contribution >= 4 is 43.7 Å². The summed E-state index contributed by atoms with van der Waals surface area (Å²) in [6.07, 6.45) is -5.63. The van der Waals surface area contributed by atoms with Crippen LogP contribution in [0.15, 0.2) is 36.9 Å². The van der Waals surface area contributed by atoms with Crippen LogP contribution in [0.3, 0.4) is 0 Å². The second-order valence-electron chi connectivity index (χ2n) is 9.84. The average Bonchev–Trinajstić information content (AvgIpc) is 3.19. The molecular formula is C26H33Br2FN4O8. The average molecular weight is 708 g/mol. The number of carbonyl (C=O) groups is 2. The predicted octanol–water partition coefficient (Wildman–Crippen LogP) is 2.79. The first-order chi connectivity index (χ1) is 19.2. The number of nitrogens with zero attached hydrogens (tertiary/aromatic N) is 2. The van der Waals surface area contributed by atoms with Gasteiger partial charge in [-0.05, 0) is 64.1 Å². The molecule has 0 bridgehead atoms. The molecule has 1 aromatic heterocycles. The number of alkyl halides is 1. The van der Waals surface area contributed by atoms with Gasteiger partial charge in [0, 0.05) is 17.8 Å². The molecule has 0 radical (unpaired) electrons. The Morgan fingerprint density at radius 1 is 1.17 bits per heavy atom. The lowest BCUT2D eigenvalue weighted by molar-refractivity contribution is -0.156. The first kappa shape index (κ1) is 32.8. The minimum atomic E-state index is -1.97. The third kappa shape index (κ3) is 7.01. The molecule has 226 valence electrons. The molecule has 1 saturated heterocycles. The number of hydrogen-bond acceptors (Lipinski definition) is 9. The molecule has 1 fully saturated rings. The lowest BCUT2D eigenvalue weighted by atomic mass is 10.1. The topological polar surface area (TPSA) is 153 Å². The van der Waals surface area contributed by atoms with Crippen molar-refractivity contribution in [2.75, 3.05) is 12.5 Å². The van der Waals surface area contributed by atoms with Crippen LogP contribution in [0.1, 0.15) is 46.4 Å². The maximum atomic E-state index is 15.6. The summed E-state index contributed by atoms with van der Waals surface area (Å²) >= 11 is 6.70. The zero-order valence-electron chi connectivity index (χ0n) is 23.4. The summed E-state index contributed by atoms with van der Waals surface area (Å²) in [6, 6.07) is 2.25. The van der Waals surface area contributed by atoms with Crippen LogP contribution < -0.4 is 31.9 Å². The Morgan fingerprint density at radius 3 is 2.39 bits per heavy atom. The summed E-state index contributed by atoms with van der Waals surface area (Å²) in [5, 5.41) is 0. The monoisotopic (exact) mass is 706 g/mol. The van der Waals surface area contributed by atoms with E-state index in [1.54, 1.807) is 32.9 Å². The van der Waals surface area contributed by atoms with Gasteiger partial charge < -0.3 is 24.7 Å². The van der Waals surface area contributed by atoms with Crippen molar-refractivity contribution in [1.29, 1.82) is 0 Å². The molecule has 3 rings (SSSR count). The normalized spacial score (nSPS) is 21.8. The van der Waals surface area contributed by atoms with Gasteiger partial charge in [0.15, 0.2) is 24.6 Å². The summed E-state index contributed by atoms with van der Waals surface area (Å²) in [4.78, 5) is 51.8. The molecule has 0 aliphatic carbocycles. The number of amides is 1. The number of halogens is 3. The SMILES string of the molecule is CCc1cn([C@@H]2O[C@H](C)[C@@H](OC(=O)[C@@H](N)C(C)C)[C@@H]2F)c(=O)n(NC(=O)C(C)Oc2cc(OC)c(Br)cc2Br)c1=O. The fourth-order valence-electron chi connectivity index (χ4n) is 4.01. The maximum Gasteiger partial charge on any atom is 0.352 e. The van der Waals surface area contributed by atoms with E-state index < -0.39 is 59.9 Å². The Labute approximate surface area is 252 Å². The van der Waals surface area contributed by atoms with Crippen molar-refractivity contribution in [1.82, 2.24) is 9.24 Å². The molecule has 2 aromatic rings. The number of methoxy groups -OCH3 is 1. The van der Waals surface area contributed by atoms with Gasteiger partial charge in [0.1, 0.15) is 17.5 Å². The molecule has 12 nitrogen and oxygen atoms in total. The Hall–Kier alpha value is -2.75. The number of esters is 1. The summed E-state index contributed by atoms with van der Waals surface area (Å²) in [6.45, 7) is 8.01. The van der Waals surface area contributed by atoms with Gasteiger partial charge in [-0.2, -0.15) is 4.68 Å². The van der Waals surface area contributed by atoms with E-state index in [-0.39, 0.29) is 23.7 Å². The fraction of sp³-hybridized carbons (Fsp3) is 0.538. The first-order valence-electron chi connectivity index (χ1n) is 12.8. The first-order valence-corrected chi connectivity index (χ1v) is 14.4. The second-order valence-corrected chi connectivity index (χ2v) is 11.5. The van der Waals surface area contributed by atoms with Crippen LogP contribution in [0.2, 0.25) is 0 Å². The van der Waals surface area contributed by atoms with Crippen LogP contribution in [-0.4, -0.2) is 58.8 Å². The highest BCUT2D eigenvalue weighted by Gasteiger charge is 2.47. The Kier molecular flexibility index (Phi) is 10.8. The third-order valence-electron chi connectivity index (χ3n) is 6.59. The van der Waals surface area contributed by atoms with Gasteiger partial charge in [0.25, 0.3) is 11.5 Å². The highest BCUT2D eigenvalue weighted by Crippen LogP contribution is 2.36. The van der Waals surface area contributed by atoms with E-state index >= 15 is 4.39 Å². The summed E-state index contributed by atoms with van der Waals surface area (Å²) < 4.78 is 40.1. The smallest absolute Gasteiger partial charge is 0.352 e. The van der Waals surface area contributed by atoms with E-state index in [4.69, 9.17) is 24.7 Å². The summed E-state index contributed by atoms with van der Waals surface area (Å²) in [5.41, 5.74) is 6.33. The largest absolute Gasteiger partial charge is 0.495 e. The number of hydrogen-bond donors (Lipinski definition) is 2. The molecule has 6 atom stereocenters. The standard InChI is InChI=1S/C26H33Br2FN4O8/c1-7-14-10-32(24-19(29)21(12(4)40-24)41-25(36)20(30)11(2)3)26(37)33(23(14)35)31-22(34)13(5)39-18-9-17(38-6)15(27)8-16(18)28/h8-13,19-21,24H,7,30H2,1-6H3,(H,31,34)/t12-,13?,19+,20+,21-,24-/m1/s1. The van der Waals surface area contributed by atoms with Crippen LogP contribution in [0.4, 0.5) is 4.39 Å². The molecule has 15 heteroatoms. The van der Waals surface area contributed by atoms with Crippen LogP contribution >= 0.6 is 31.9 Å². The Balaban J connectivity index is 1.89. The second kappa shape index (κ2) is 13.5. The van der Waals surface area contributed by atoms with Gasteiger partial charge in [0.05, 0.1) is 22.2 Å². The molecule has 1 aliphatic heterocycles. The Morgan fingerprint density at radius 2 is 1.80 bits per heavy atom. The van der Waals surface area contributed by atoms with Crippen LogP contribution in [0.25, 0.3) is 0 Å². The minimum absolute atomic E-state index is 0.101. The van der Waals surface area contributed by atoms with Crippen molar-refractivity contribution < 1.29 is 32.9 Å². The number of carbonyl (C=O) groups excluding carboxylic acids is 2. The van der Waals surface area contributed by atoms with Gasteiger partial charge in [-0.15, -0.1) is 0 Å². The molecule has 41 heavy (non-hydrogen) atoms. The number of rotatable bonds is 10. The number of nitrogens with one attached hydrogen (secondary N) is 1. The van der Waals surface area contributed by atoms with Gasteiger partial charge in [-0.3, -0.25) is 24.4 Å². The molecule has 1 unspecified atom stereocenters. The molecule has 0 saturated carbocycles. The number of aryl methyl sites for hydroxylation is 1. The molecule has 1 amide bonds.